The van der Waals surface area contributed by atoms with E-state index in [1.165, 1.54) is 13.0 Å². The fraction of sp³-hybridized carbons (Fsp3) is 0.619. The van der Waals surface area contributed by atoms with E-state index in [1.807, 2.05) is 71.0 Å². The number of benzene rings is 1. The van der Waals surface area contributed by atoms with E-state index in [2.05, 4.69) is 18.0 Å². The quantitative estimate of drug-likeness (QED) is 0.118. The first-order valence-electron chi connectivity index (χ1n) is 18.8. The van der Waals surface area contributed by atoms with Gasteiger partial charge in [0.1, 0.15) is 5.78 Å². The van der Waals surface area contributed by atoms with Gasteiger partial charge in [-0.15, -0.1) is 0 Å². The molecule has 1 aromatic carbocycles. The number of carboxylic acid groups (broad SMARTS) is 1. The van der Waals surface area contributed by atoms with Gasteiger partial charge < -0.3 is 31.9 Å². The Hall–Kier alpha value is -3.60. The largest absolute Gasteiger partial charge is 0.478 e. The lowest BCUT2D eigenvalue weighted by molar-refractivity contribution is -0.190. The molecule has 6 rings (SSSR count). The number of carboxylic acids is 1. The lowest BCUT2D eigenvalue weighted by Gasteiger charge is -2.69. The predicted molar refractivity (Wildman–Crippen MR) is 199 cm³/mol. The van der Waals surface area contributed by atoms with Gasteiger partial charge >= 0.3 is 5.97 Å². The van der Waals surface area contributed by atoms with E-state index < -0.39 is 56.8 Å². The van der Waals surface area contributed by atoms with Gasteiger partial charge in [-0.3, -0.25) is 14.6 Å². The predicted octanol–water partition coefficient (Wildman–Crippen LogP) is 4.82. The van der Waals surface area contributed by atoms with Crippen LogP contribution in [0, 0.1) is 51.2 Å². The maximum atomic E-state index is 15.1. The molecule has 52 heavy (non-hydrogen) atoms. The van der Waals surface area contributed by atoms with Crippen molar-refractivity contribution in [3.8, 4) is 0 Å². The van der Waals surface area contributed by atoms with Crippen molar-refractivity contribution in [1.82, 2.24) is 0 Å². The number of rotatable bonds is 9. The van der Waals surface area contributed by atoms with Crippen LogP contribution >= 0.6 is 0 Å². The fourth-order valence-corrected chi connectivity index (χ4v) is 12.4. The monoisotopic (exact) mass is 715 g/mol. The Morgan fingerprint density at radius 2 is 1.69 bits per heavy atom. The van der Waals surface area contributed by atoms with Crippen LogP contribution in [0.4, 0.5) is 0 Å². The van der Waals surface area contributed by atoms with Crippen molar-refractivity contribution >= 4 is 29.6 Å². The van der Waals surface area contributed by atoms with Gasteiger partial charge in [0.2, 0.25) is 0 Å². The highest BCUT2D eigenvalue weighted by atomic mass is 16.4. The molecular formula is C42H57N3O7. The van der Waals surface area contributed by atoms with E-state index in [1.54, 1.807) is 0 Å². The summed E-state index contributed by atoms with van der Waals surface area (Å²) in [6, 6.07) is 9.85. The Bertz CT molecular complexity index is 1790. The lowest BCUT2D eigenvalue weighted by atomic mass is 9.35. The van der Waals surface area contributed by atoms with Crippen molar-refractivity contribution < 1.29 is 34.8 Å². The molecule has 0 saturated heterocycles. The summed E-state index contributed by atoms with van der Waals surface area (Å²) in [5, 5.41) is 47.6. The minimum Gasteiger partial charge on any atom is -0.478 e. The summed E-state index contributed by atoms with van der Waals surface area (Å²) in [5.41, 5.74) is 7.31. The number of carbonyl (C=O) groups is 3. The molecule has 10 heteroatoms. The van der Waals surface area contributed by atoms with Gasteiger partial charge in [0.15, 0.2) is 11.7 Å². The number of hydrogen-bond donors (Lipinski definition) is 6. The highest BCUT2D eigenvalue weighted by molar-refractivity contribution is 6.01. The van der Waals surface area contributed by atoms with Crippen LogP contribution in [0.2, 0.25) is 0 Å². The number of carbonyl (C=O) groups excluding carboxylic acids is 2. The Kier molecular flexibility index (Phi) is 9.16. The highest BCUT2D eigenvalue weighted by Gasteiger charge is 2.79. The number of guanidine groups is 1. The van der Waals surface area contributed by atoms with Gasteiger partial charge in [-0.1, -0.05) is 84.0 Å². The minimum absolute atomic E-state index is 0.0108. The zero-order valence-electron chi connectivity index (χ0n) is 31.6. The summed E-state index contributed by atoms with van der Waals surface area (Å²) < 4.78 is 0. The standard InChI is InChI=1S/C42H57N3O7/c1-23(35(49)50)19-29(46)26(22-45-36(43)44)24(2)28-20-41(51)17-18-42(52)27(14-13-25-11-9-8-10-12-25)33-37(3,4)31(48)15-16-38(33,5)32-30(47)21-39(28,6)40(41,7)34(32)42/h8-14,19,24,26-29,33,46,51-52H,15-18,20-22H2,1-7H3,(H,49,50)(H4,43,44,45). The topological polar surface area (TPSA) is 197 Å². The lowest BCUT2D eigenvalue weighted by Crippen LogP contribution is -2.71. The molecule has 1 aromatic rings. The molecule has 0 bridgehead atoms. The SMILES string of the molecule is CC(=CC(O)C(CN=C(N)N)C(C)C1CC2(O)CCC3(O)C4=C(C(=O)CC1(C)C42C)C1(C)CCC(=O)C(C)(C)C1C3C=Cc1ccccc1)C(=O)O. The second-order valence-electron chi connectivity index (χ2n) is 17.9. The van der Waals surface area contributed by atoms with Crippen LogP contribution in [-0.2, 0) is 14.4 Å². The first-order valence-corrected chi connectivity index (χ1v) is 18.8. The number of aliphatic carboxylic acids is 1. The van der Waals surface area contributed by atoms with Gasteiger partial charge in [0.05, 0.1) is 17.3 Å². The molecule has 5 aliphatic rings. The van der Waals surface area contributed by atoms with Gasteiger partial charge in [0.25, 0.3) is 0 Å². The second kappa shape index (κ2) is 12.5. The number of allylic oxidation sites excluding steroid dienone is 1. The third kappa shape index (κ3) is 5.22. The van der Waals surface area contributed by atoms with Crippen LogP contribution < -0.4 is 11.5 Å². The highest BCUT2D eigenvalue weighted by Crippen LogP contribution is 2.79. The molecule has 3 fully saturated rings. The number of hydrogen-bond acceptors (Lipinski definition) is 7. The van der Waals surface area contributed by atoms with E-state index in [0.717, 1.165) is 5.56 Å². The molecular weight excluding hydrogens is 658 g/mol. The molecule has 282 valence electrons. The number of ketones is 2. The van der Waals surface area contributed by atoms with Crippen molar-refractivity contribution in [2.24, 2.45) is 67.7 Å². The molecule has 11 atom stereocenters. The van der Waals surface area contributed by atoms with E-state index in [9.17, 15) is 30.0 Å². The molecule has 0 heterocycles. The van der Waals surface area contributed by atoms with E-state index >= 15 is 4.79 Å². The molecule has 0 radical (unpaired) electrons. The molecule has 3 saturated carbocycles. The number of aliphatic hydroxyl groups is 3. The summed E-state index contributed by atoms with van der Waals surface area (Å²) in [4.78, 5) is 44.8. The Morgan fingerprint density at radius 3 is 2.31 bits per heavy atom. The first kappa shape index (κ1) is 38.1. The second-order valence-corrected chi connectivity index (χ2v) is 17.9. The molecule has 0 aliphatic heterocycles. The van der Waals surface area contributed by atoms with Crippen LogP contribution in [0.1, 0.15) is 92.6 Å². The van der Waals surface area contributed by atoms with Crippen molar-refractivity contribution in [2.75, 3.05) is 6.54 Å². The molecule has 0 amide bonds. The normalized spacial score (nSPS) is 39.8. The van der Waals surface area contributed by atoms with Crippen molar-refractivity contribution in [3.63, 3.8) is 0 Å². The molecule has 10 nitrogen and oxygen atoms in total. The van der Waals surface area contributed by atoms with Crippen molar-refractivity contribution in [2.45, 2.75) is 104 Å². The summed E-state index contributed by atoms with van der Waals surface area (Å²) in [7, 11) is 0. The van der Waals surface area contributed by atoms with E-state index in [-0.39, 0.29) is 66.7 Å². The van der Waals surface area contributed by atoms with Crippen LogP contribution in [-0.4, -0.2) is 67.8 Å². The maximum Gasteiger partial charge on any atom is 0.331 e. The molecule has 0 spiro atoms. The average Bonchev–Trinajstić information content (AvgIpc) is 3.24. The third-order valence-electron chi connectivity index (χ3n) is 15.2. The Morgan fingerprint density at radius 1 is 1.04 bits per heavy atom. The number of nitrogens with zero attached hydrogens (tertiary/aromatic N) is 1. The summed E-state index contributed by atoms with van der Waals surface area (Å²) in [5.74, 6) is -3.53. The van der Waals surface area contributed by atoms with Crippen molar-refractivity contribution in [1.29, 1.82) is 0 Å². The average molecular weight is 716 g/mol. The van der Waals surface area contributed by atoms with Crippen LogP contribution in [0.5, 0.6) is 0 Å². The Labute approximate surface area is 307 Å². The smallest absolute Gasteiger partial charge is 0.331 e. The summed E-state index contributed by atoms with van der Waals surface area (Å²) >= 11 is 0. The van der Waals surface area contributed by atoms with E-state index in [4.69, 9.17) is 11.5 Å². The van der Waals surface area contributed by atoms with Gasteiger partial charge in [-0.05, 0) is 73.0 Å². The number of aliphatic hydroxyl groups excluding tert-OH is 1. The maximum absolute atomic E-state index is 15.1. The number of nitrogens with two attached hydrogens (primary N) is 2. The fourth-order valence-electron chi connectivity index (χ4n) is 12.4. The van der Waals surface area contributed by atoms with Crippen LogP contribution in [0.3, 0.4) is 0 Å². The third-order valence-corrected chi connectivity index (χ3v) is 15.2. The number of Topliss-reactive ketones (excluding diaryl/α,β-unsaturated/α-hetero) is 2. The minimum atomic E-state index is -1.52. The number of aliphatic imine (C=N–C) groups is 1. The zero-order chi connectivity index (χ0) is 38.4. The van der Waals surface area contributed by atoms with Gasteiger partial charge in [-0.2, -0.15) is 0 Å². The van der Waals surface area contributed by atoms with Gasteiger partial charge in [0, 0.05) is 58.6 Å². The van der Waals surface area contributed by atoms with Crippen LogP contribution in [0.15, 0.2) is 64.2 Å². The summed E-state index contributed by atoms with van der Waals surface area (Å²) in [6.07, 6.45) is 5.85. The number of fused-ring (bicyclic) bond motifs is 2. The molecule has 8 N–H and O–H groups in total. The van der Waals surface area contributed by atoms with Gasteiger partial charge in [-0.25, -0.2) is 4.79 Å². The molecule has 11 unspecified atom stereocenters. The Balaban J connectivity index is 1.56. The summed E-state index contributed by atoms with van der Waals surface area (Å²) in [6.45, 7) is 13.5. The van der Waals surface area contributed by atoms with E-state index in [0.29, 0.717) is 30.4 Å². The van der Waals surface area contributed by atoms with Crippen molar-refractivity contribution in [3.05, 3.63) is 64.8 Å². The first-order chi connectivity index (χ1) is 24.1. The molecule has 0 aromatic heterocycles. The molecule has 5 aliphatic carbocycles. The van der Waals surface area contributed by atoms with Crippen LogP contribution in [0.25, 0.3) is 6.08 Å². The zero-order valence-corrected chi connectivity index (χ0v) is 31.6.